The SMILES string of the molecule is CCCCCCCOCc1ccc(OC)c(C(N)=S)c1. The van der Waals surface area contributed by atoms with E-state index in [9.17, 15) is 0 Å². The molecule has 0 saturated heterocycles. The van der Waals surface area contributed by atoms with Crippen LogP contribution in [-0.4, -0.2) is 18.7 Å². The zero-order valence-corrected chi connectivity index (χ0v) is 13.3. The first-order chi connectivity index (χ1) is 9.69. The van der Waals surface area contributed by atoms with E-state index in [1.165, 1.54) is 25.7 Å². The number of unbranched alkanes of at least 4 members (excludes halogenated alkanes) is 4. The highest BCUT2D eigenvalue weighted by Gasteiger charge is 2.07. The second kappa shape index (κ2) is 9.72. The number of methoxy groups -OCH3 is 1. The van der Waals surface area contributed by atoms with Gasteiger partial charge in [0.1, 0.15) is 10.7 Å². The van der Waals surface area contributed by atoms with E-state index in [2.05, 4.69) is 6.92 Å². The Hall–Kier alpha value is -1.13. The van der Waals surface area contributed by atoms with Crippen molar-refractivity contribution in [2.45, 2.75) is 45.6 Å². The number of hydrogen-bond acceptors (Lipinski definition) is 3. The third-order valence-electron chi connectivity index (χ3n) is 3.19. The lowest BCUT2D eigenvalue weighted by molar-refractivity contribution is 0.116. The Morgan fingerprint density at radius 3 is 2.60 bits per heavy atom. The summed E-state index contributed by atoms with van der Waals surface area (Å²) in [5.74, 6) is 0.709. The molecule has 0 bridgehead atoms. The van der Waals surface area contributed by atoms with Crippen molar-refractivity contribution < 1.29 is 9.47 Å². The average Bonchev–Trinajstić information content (AvgIpc) is 2.46. The van der Waals surface area contributed by atoms with Gasteiger partial charge in [0.2, 0.25) is 0 Å². The highest BCUT2D eigenvalue weighted by Crippen LogP contribution is 2.20. The maximum Gasteiger partial charge on any atom is 0.129 e. The van der Waals surface area contributed by atoms with Crippen LogP contribution in [0.15, 0.2) is 18.2 Å². The third-order valence-corrected chi connectivity index (χ3v) is 3.41. The molecule has 0 amide bonds. The van der Waals surface area contributed by atoms with Crippen molar-refractivity contribution in [2.24, 2.45) is 5.73 Å². The molecule has 0 heterocycles. The van der Waals surface area contributed by atoms with Gasteiger partial charge >= 0.3 is 0 Å². The number of nitrogens with two attached hydrogens (primary N) is 1. The van der Waals surface area contributed by atoms with Gasteiger partial charge in [-0.05, 0) is 24.1 Å². The molecule has 1 rings (SSSR count). The second-order valence-electron chi connectivity index (χ2n) is 4.87. The minimum atomic E-state index is 0.350. The molecule has 0 fully saturated rings. The first-order valence-corrected chi connectivity index (χ1v) is 7.64. The summed E-state index contributed by atoms with van der Waals surface area (Å²) in [6.45, 7) is 3.62. The van der Waals surface area contributed by atoms with Crippen LogP contribution >= 0.6 is 12.2 Å². The molecule has 4 heteroatoms. The summed E-state index contributed by atoms with van der Waals surface area (Å²) < 4.78 is 10.9. The highest BCUT2D eigenvalue weighted by atomic mass is 32.1. The Morgan fingerprint density at radius 1 is 1.20 bits per heavy atom. The fourth-order valence-corrected chi connectivity index (χ4v) is 2.19. The molecule has 0 saturated carbocycles. The Bertz CT molecular complexity index is 421. The van der Waals surface area contributed by atoms with E-state index in [0.29, 0.717) is 17.3 Å². The first-order valence-electron chi connectivity index (χ1n) is 7.23. The molecule has 0 aliphatic carbocycles. The van der Waals surface area contributed by atoms with E-state index in [1.807, 2.05) is 18.2 Å². The summed E-state index contributed by atoms with van der Waals surface area (Å²) in [6, 6.07) is 5.81. The van der Waals surface area contributed by atoms with Crippen LogP contribution in [-0.2, 0) is 11.3 Å². The molecule has 2 N–H and O–H groups in total. The predicted molar refractivity (Wildman–Crippen MR) is 87.3 cm³/mol. The molecule has 0 atom stereocenters. The molecule has 3 nitrogen and oxygen atoms in total. The van der Waals surface area contributed by atoms with E-state index in [4.69, 9.17) is 27.4 Å². The van der Waals surface area contributed by atoms with Gasteiger partial charge in [-0.15, -0.1) is 0 Å². The quantitative estimate of drug-likeness (QED) is 0.526. The van der Waals surface area contributed by atoms with Crippen LogP contribution in [0.1, 0.15) is 50.2 Å². The number of ether oxygens (including phenoxy) is 2. The minimum absolute atomic E-state index is 0.350. The normalized spacial score (nSPS) is 10.5. The lowest BCUT2D eigenvalue weighted by atomic mass is 10.1. The zero-order valence-electron chi connectivity index (χ0n) is 12.5. The van der Waals surface area contributed by atoms with Crippen LogP contribution in [0.25, 0.3) is 0 Å². The topological polar surface area (TPSA) is 44.5 Å². The number of rotatable bonds is 10. The molecule has 0 radical (unpaired) electrons. The minimum Gasteiger partial charge on any atom is -0.496 e. The molecular weight excluding hydrogens is 270 g/mol. The molecule has 0 unspecified atom stereocenters. The number of thiocarbonyl (C=S) groups is 1. The van der Waals surface area contributed by atoms with Crippen LogP contribution in [0, 0.1) is 0 Å². The summed E-state index contributed by atoms with van der Waals surface area (Å²) in [6.07, 6.45) is 6.26. The van der Waals surface area contributed by atoms with E-state index in [0.717, 1.165) is 24.2 Å². The molecule has 0 aliphatic rings. The van der Waals surface area contributed by atoms with E-state index in [1.54, 1.807) is 7.11 Å². The van der Waals surface area contributed by atoms with Crippen LogP contribution in [0.2, 0.25) is 0 Å². The summed E-state index contributed by atoms with van der Waals surface area (Å²) in [4.78, 5) is 0.350. The van der Waals surface area contributed by atoms with Gasteiger partial charge in [0.15, 0.2) is 0 Å². The second-order valence-corrected chi connectivity index (χ2v) is 5.31. The smallest absolute Gasteiger partial charge is 0.129 e. The van der Waals surface area contributed by atoms with Crippen LogP contribution in [0.3, 0.4) is 0 Å². The van der Waals surface area contributed by atoms with E-state index in [-0.39, 0.29) is 0 Å². The van der Waals surface area contributed by atoms with Crippen molar-refractivity contribution in [3.8, 4) is 5.75 Å². The van der Waals surface area contributed by atoms with Gasteiger partial charge in [-0.3, -0.25) is 0 Å². The third kappa shape index (κ3) is 5.88. The maximum absolute atomic E-state index is 5.69. The fourth-order valence-electron chi connectivity index (χ4n) is 2.04. The van der Waals surface area contributed by atoms with Gasteiger partial charge in [-0.2, -0.15) is 0 Å². The first kappa shape index (κ1) is 16.9. The van der Waals surface area contributed by atoms with Crippen molar-refractivity contribution in [3.05, 3.63) is 29.3 Å². The number of benzene rings is 1. The monoisotopic (exact) mass is 295 g/mol. The molecule has 1 aromatic rings. The molecule has 0 aromatic heterocycles. The highest BCUT2D eigenvalue weighted by molar-refractivity contribution is 7.80. The standard InChI is InChI=1S/C16H25NO2S/c1-3-4-5-6-7-10-19-12-13-8-9-15(18-2)14(11-13)16(17)20/h8-9,11H,3-7,10,12H2,1-2H3,(H2,17,20). The van der Waals surface area contributed by atoms with E-state index >= 15 is 0 Å². The summed E-state index contributed by atoms with van der Waals surface area (Å²) in [7, 11) is 1.61. The van der Waals surface area contributed by atoms with Crippen LogP contribution in [0.5, 0.6) is 5.75 Å². The van der Waals surface area contributed by atoms with Crippen molar-refractivity contribution in [2.75, 3.05) is 13.7 Å². The molecule has 20 heavy (non-hydrogen) atoms. The van der Waals surface area contributed by atoms with Gasteiger partial charge in [0.25, 0.3) is 0 Å². The van der Waals surface area contributed by atoms with Crippen LogP contribution < -0.4 is 10.5 Å². The van der Waals surface area contributed by atoms with Crippen LogP contribution in [0.4, 0.5) is 0 Å². The molecular formula is C16H25NO2S. The average molecular weight is 295 g/mol. The van der Waals surface area contributed by atoms with Gasteiger partial charge in [-0.1, -0.05) is 50.9 Å². The number of hydrogen-bond donors (Lipinski definition) is 1. The summed E-state index contributed by atoms with van der Waals surface area (Å²) in [5, 5.41) is 0. The Morgan fingerprint density at radius 2 is 1.95 bits per heavy atom. The van der Waals surface area contributed by atoms with Crippen molar-refractivity contribution in [1.29, 1.82) is 0 Å². The Labute approximate surface area is 127 Å². The fraction of sp³-hybridized carbons (Fsp3) is 0.562. The lowest BCUT2D eigenvalue weighted by Crippen LogP contribution is -2.11. The van der Waals surface area contributed by atoms with Crippen molar-refractivity contribution >= 4 is 17.2 Å². The molecule has 1 aromatic carbocycles. The maximum atomic E-state index is 5.69. The van der Waals surface area contributed by atoms with Gasteiger partial charge in [0, 0.05) is 6.61 Å². The van der Waals surface area contributed by atoms with Gasteiger partial charge < -0.3 is 15.2 Å². The molecule has 0 aliphatic heterocycles. The predicted octanol–water partition coefficient (Wildman–Crippen LogP) is 3.82. The zero-order chi connectivity index (χ0) is 14.8. The Balaban J connectivity index is 2.37. The van der Waals surface area contributed by atoms with Crippen molar-refractivity contribution in [1.82, 2.24) is 0 Å². The van der Waals surface area contributed by atoms with Gasteiger partial charge in [-0.25, -0.2) is 0 Å². The van der Waals surface area contributed by atoms with E-state index < -0.39 is 0 Å². The van der Waals surface area contributed by atoms with Crippen molar-refractivity contribution in [3.63, 3.8) is 0 Å². The molecule has 112 valence electrons. The molecule has 0 spiro atoms. The summed E-state index contributed by atoms with van der Waals surface area (Å²) >= 11 is 5.03. The summed E-state index contributed by atoms with van der Waals surface area (Å²) in [5.41, 5.74) is 7.53. The Kier molecular flexibility index (Phi) is 8.23. The lowest BCUT2D eigenvalue weighted by Gasteiger charge is -2.10. The van der Waals surface area contributed by atoms with Gasteiger partial charge in [0.05, 0.1) is 19.3 Å². The largest absolute Gasteiger partial charge is 0.496 e.